The summed E-state index contributed by atoms with van der Waals surface area (Å²) in [6, 6.07) is 12.9. The first-order valence-electron chi connectivity index (χ1n) is 9.13. The van der Waals surface area contributed by atoms with Crippen molar-refractivity contribution >= 4 is 58.0 Å². The van der Waals surface area contributed by atoms with Gasteiger partial charge in [-0.15, -0.1) is 11.8 Å². The summed E-state index contributed by atoms with van der Waals surface area (Å²) in [6.45, 7) is 0.829. The van der Waals surface area contributed by atoms with E-state index in [-0.39, 0.29) is 18.6 Å². The number of nitrogens with zero attached hydrogens (tertiary/aromatic N) is 1. The highest BCUT2D eigenvalue weighted by atomic mass is 32.2. The second kappa shape index (κ2) is 9.11. The maximum Gasteiger partial charge on any atom is 0.266 e. The Labute approximate surface area is 188 Å². The first kappa shape index (κ1) is 20.8. The van der Waals surface area contributed by atoms with Crippen LogP contribution in [0.3, 0.4) is 0 Å². The molecule has 2 heterocycles. The summed E-state index contributed by atoms with van der Waals surface area (Å²) >= 11 is 8.14. The lowest BCUT2D eigenvalue weighted by atomic mass is 10.2. The molecule has 154 valence electrons. The molecule has 1 N–H and O–H groups in total. The average molecular weight is 459 g/mol. The van der Waals surface area contributed by atoms with Gasteiger partial charge in [0, 0.05) is 18.0 Å². The number of rotatable bonds is 6. The van der Waals surface area contributed by atoms with Crippen LogP contribution >= 0.6 is 35.7 Å². The van der Waals surface area contributed by atoms with E-state index in [1.807, 2.05) is 42.7 Å². The topological polar surface area (TPSA) is 67.9 Å². The molecule has 2 aliphatic rings. The van der Waals surface area contributed by atoms with Gasteiger partial charge in [0.05, 0.1) is 10.5 Å². The second-order valence-corrected chi connectivity index (χ2v) is 8.93. The monoisotopic (exact) mass is 458 g/mol. The molecule has 2 aliphatic heterocycles. The van der Waals surface area contributed by atoms with Crippen molar-refractivity contribution in [2.75, 3.05) is 26.1 Å². The van der Waals surface area contributed by atoms with Crippen LogP contribution in [0.5, 0.6) is 11.5 Å². The lowest BCUT2D eigenvalue weighted by molar-refractivity contribution is -0.122. The fraction of sp³-hybridized carbons (Fsp3) is 0.190. The smallest absolute Gasteiger partial charge is 0.266 e. The van der Waals surface area contributed by atoms with Gasteiger partial charge in [0.15, 0.2) is 11.5 Å². The van der Waals surface area contributed by atoms with Gasteiger partial charge in [-0.3, -0.25) is 14.5 Å². The summed E-state index contributed by atoms with van der Waals surface area (Å²) in [6.07, 6.45) is 3.72. The number of hydrogen-bond acceptors (Lipinski definition) is 7. The quantitative estimate of drug-likeness (QED) is 0.402. The number of carbonyl (C=O) groups excluding carboxylic acids is 2. The Kier molecular flexibility index (Phi) is 6.31. The Hall–Kier alpha value is -2.49. The molecule has 4 rings (SSSR count). The van der Waals surface area contributed by atoms with Gasteiger partial charge in [0.2, 0.25) is 6.79 Å². The van der Waals surface area contributed by atoms with Crippen LogP contribution in [0.25, 0.3) is 6.08 Å². The van der Waals surface area contributed by atoms with Gasteiger partial charge < -0.3 is 14.8 Å². The Bertz CT molecular complexity index is 1050. The number of amides is 2. The van der Waals surface area contributed by atoms with Crippen molar-refractivity contribution < 1.29 is 19.1 Å². The van der Waals surface area contributed by atoms with E-state index in [9.17, 15) is 9.59 Å². The van der Waals surface area contributed by atoms with E-state index in [2.05, 4.69) is 5.32 Å². The van der Waals surface area contributed by atoms with Crippen molar-refractivity contribution in [3.63, 3.8) is 0 Å². The van der Waals surface area contributed by atoms with Crippen molar-refractivity contribution in [3.05, 3.63) is 58.5 Å². The van der Waals surface area contributed by atoms with Crippen LogP contribution < -0.4 is 14.8 Å². The summed E-state index contributed by atoms with van der Waals surface area (Å²) in [7, 11) is 0. The van der Waals surface area contributed by atoms with E-state index in [1.165, 1.54) is 28.4 Å². The van der Waals surface area contributed by atoms with Crippen LogP contribution in [0, 0.1) is 0 Å². The number of hydrogen-bond donors (Lipinski definition) is 1. The first-order valence-corrected chi connectivity index (χ1v) is 11.6. The SMILES string of the molecule is CSc1ccccc1C(=O)NCCN1C(=O)/C(=C/c2ccc3c(c2)OCO3)SC1=S. The van der Waals surface area contributed by atoms with E-state index in [0.29, 0.717) is 39.4 Å². The zero-order valence-electron chi connectivity index (χ0n) is 16.0. The summed E-state index contributed by atoms with van der Waals surface area (Å²) in [5, 5.41) is 2.87. The van der Waals surface area contributed by atoms with Gasteiger partial charge in [-0.2, -0.15) is 0 Å². The zero-order chi connectivity index (χ0) is 21.1. The second-order valence-electron chi connectivity index (χ2n) is 6.40. The number of fused-ring (bicyclic) bond motifs is 1. The maximum atomic E-state index is 12.8. The molecule has 1 fully saturated rings. The van der Waals surface area contributed by atoms with Crippen molar-refractivity contribution in [2.45, 2.75) is 4.90 Å². The van der Waals surface area contributed by atoms with E-state index in [1.54, 1.807) is 12.1 Å². The molecule has 2 aromatic carbocycles. The van der Waals surface area contributed by atoms with E-state index < -0.39 is 0 Å². The van der Waals surface area contributed by atoms with Crippen LogP contribution in [0.4, 0.5) is 0 Å². The Balaban J connectivity index is 1.38. The normalized spacial score (nSPS) is 16.4. The van der Waals surface area contributed by atoms with E-state index in [0.717, 1.165) is 10.5 Å². The third kappa shape index (κ3) is 4.33. The van der Waals surface area contributed by atoms with Crippen LogP contribution in [0.15, 0.2) is 52.3 Å². The molecule has 0 radical (unpaired) electrons. The van der Waals surface area contributed by atoms with Gasteiger partial charge in [-0.05, 0) is 42.2 Å². The standard InChI is InChI=1S/C21H18N2O4S3/c1-29-17-5-3-2-4-14(17)19(24)22-8-9-23-20(25)18(30-21(23)28)11-13-6-7-15-16(10-13)27-12-26-15/h2-7,10-11H,8-9,12H2,1H3,(H,22,24)/b18-11-. The zero-order valence-corrected chi connectivity index (χ0v) is 18.5. The third-order valence-electron chi connectivity index (χ3n) is 4.54. The van der Waals surface area contributed by atoms with E-state index in [4.69, 9.17) is 21.7 Å². The van der Waals surface area contributed by atoms with Crippen LogP contribution in [0.2, 0.25) is 0 Å². The van der Waals surface area contributed by atoms with Crippen LogP contribution in [-0.4, -0.2) is 47.2 Å². The molecule has 0 bridgehead atoms. The molecule has 2 aromatic rings. The molecule has 0 saturated carbocycles. The summed E-state index contributed by atoms with van der Waals surface area (Å²) < 4.78 is 11.2. The Morgan fingerprint density at radius 1 is 1.27 bits per heavy atom. The molecular weight excluding hydrogens is 440 g/mol. The van der Waals surface area contributed by atoms with Crippen LogP contribution in [-0.2, 0) is 4.79 Å². The molecule has 0 atom stereocenters. The van der Waals surface area contributed by atoms with Crippen molar-refractivity contribution in [3.8, 4) is 11.5 Å². The Morgan fingerprint density at radius 3 is 2.90 bits per heavy atom. The molecule has 0 aliphatic carbocycles. The molecule has 0 spiro atoms. The molecule has 0 unspecified atom stereocenters. The summed E-state index contributed by atoms with van der Waals surface area (Å²) in [5.74, 6) is 1.02. The lowest BCUT2D eigenvalue weighted by Gasteiger charge is -2.15. The largest absolute Gasteiger partial charge is 0.454 e. The molecular formula is C21H18N2O4S3. The molecule has 0 aromatic heterocycles. The lowest BCUT2D eigenvalue weighted by Crippen LogP contribution is -2.37. The number of thioether (sulfide) groups is 2. The maximum absolute atomic E-state index is 12.8. The van der Waals surface area contributed by atoms with Gasteiger partial charge in [0.1, 0.15) is 4.32 Å². The summed E-state index contributed by atoms with van der Waals surface area (Å²) in [4.78, 5) is 28.2. The highest BCUT2D eigenvalue weighted by Crippen LogP contribution is 2.36. The first-order chi connectivity index (χ1) is 14.6. The average Bonchev–Trinajstić information content (AvgIpc) is 3.32. The predicted molar refractivity (Wildman–Crippen MR) is 123 cm³/mol. The highest BCUT2D eigenvalue weighted by molar-refractivity contribution is 8.26. The van der Waals surface area contributed by atoms with Gasteiger partial charge in [-0.1, -0.05) is 42.2 Å². The minimum absolute atomic E-state index is 0.165. The Morgan fingerprint density at radius 2 is 2.07 bits per heavy atom. The van der Waals surface area contributed by atoms with Crippen molar-refractivity contribution in [2.24, 2.45) is 0 Å². The van der Waals surface area contributed by atoms with Crippen molar-refractivity contribution in [1.29, 1.82) is 0 Å². The number of carbonyl (C=O) groups is 2. The minimum Gasteiger partial charge on any atom is -0.454 e. The molecule has 1 saturated heterocycles. The van der Waals surface area contributed by atoms with Gasteiger partial charge in [0.25, 0.3) is 11.8 Å². The molecule has 30 heavy (non-hydrogen) atoms. The van der Waals surface area contributed by atoms with Gasteiger partial charge >= 0.3 is 0 Å². The molecule has 9 heteroatoms. The summed E-state index contributed by atoms with van der Waals surface area (Å²) in [5.41, 5.74) is 1.46. The predicted octanol–water partition coefficient (Wildman–Crippen LogP) is 3.77. The fourth-order valence-electron chi connectivity index (χ4n) is 3.06. The fourth-order valence-corrected chi connectivity index (χ4v) is 4.96. The number of nitrogens with one attached hydrogen (secondary N) is 1. The molecule has 6 nitrogen and oxygen atoms in total. The number of benzene rings is 2. The van der Waals surface area contributed by atoms with E-state index >= 15 is 0 Å². The number of thiocarbonyl (C=S) groups is 1. The highest BCUT2D eigenvalue weighted by Gasteiger charge is 2.31. The minimum atomic E-state index is -0.165. The number of ether oxygens (including phenoxy) is 2. The van der Waals surface area contributed by atoms with Gasteiger partial charge in [-0.25, -0.2) is 0 Å². The van der Waals surface area contributed by atoms with Crippen LogP contribution in [0.1, 0.15) is 15.9 Å². The molecule has 2 amide bonds. The third-order valence-corrected chi connectivity index (χ3v) is 6.71. The van der Waals surface area contributed by atoms with Crippen molar-refractivity contribution in [1.82, 2.24) is 10.2 Å².